The predicted molar refractivity (Wildman–Crippen MR) is 56.2 cm³/mol. The molecule has 14 heavy (non-hydrogen) atoms. The molecule has 0 aliphatic rings. The van der Waals surface area contributed by atoms with Gasteiger partial charge in [0.15, 0.2) is 0 Å². The largest absolute Gasteiger partial charge is 1.00 e. The summed E-state index contributed by atoms with van der Waals surface area (Å²) in [4.78, 5) is 0. The normalized spacial score (nSPS) is 9.50. The molecule has 0 unspecified atom stereocenters. The van der Waals surface area contributed by atoms with E-state index in [0.29, 0.717) is 6.61 Å². The third-order valence-corrected chi connectivity index (χ3v) is 2.05. The standard InChI is InChI=1S/C12H12O.Na.H/c1-2-13-12-9-5-7-10-6-3-4-8-11(10)12;;/h3-9H,2H2,1H3;;/q;+1;-1. The van der Waals surface area contributed by atoms with Crippen LogP contribution in [0.1, 0.15) is 8.35 Å². The fraction of sp³-hybridized carbons (Fsp3) is 0.167. The van der Waals surface area contributed by atoms with Crippen LogP contribution >= 0.6 is 0 Å². The molecule has 0 saturated heterocycles. The molecule has 2 heteroatoms. The Morgan fingerprint density at radius 1 is 1.07 bits per heavy atom. The molecular formula is C12H13NaO. The number of benzene rings is 2. The maximum absolute atomic E-state index is 5.52. The predicted octanol–water partition coefficient (Wildman–Crippen LogP) is 0.355. The summed E-state index contributed by atoms with van der Waals surface area (Å²) >= 11 is 0. The van der Waals surface area contributed by atoms with Crippen molar-refractivity contribution in [2.75, 3.05) is 6.61 Å². The molecule has 0 spiro atoms. The topological polar surface area (TPSA) is 9.23 Å². The minimum atomic E-state index is 0. The van der Waals surface area contributed by atoms with Crippen LogP contribution in [-0.2, 0) is 0 Å². The molecule has 0 amide bonds. The first-order valence-electron chi connectivity index (χ1n) is 4.52. The second-order valence-corrected chi connectivity index (χ2v) is 2.91. The summed E-state index contributed by atoms with van der Waals surface area (Å²) in [5.41, 5.74) is 0. The van der Waals surface area contributed by atoms with E-state index in [1.54, 1.807) is 0 Å². The fourth-order valence-corrected chi connectivity index (χ4v) is 1.48. The van der Waals surface area contributed by atoms with Gasteiger partial charge in [-0.2, -0.15) is 0 Å². The van der Waals surface area contributed by atoms with Gasteiger partial charge >= 0.3 is 29.6 Å². The second-order valence-electron chi connectivity index (χ2n) is 2.91. The van der Waals surface area contributed by atoms with Crippen LogP contribution in [0, 0.1) is 0 Å². The number of rotatable bonds is 2. The summed E-state index contributed by atoms with van der Waals surface area (Å²) in [5.74, 6) is 0.973. The zero-order valence-corrected chi connectivity index (χ0v) is 10.7. The Bertz CT molecular complexity index is 412. The zero-order valence-electron chi connectivity index (χ0n) is 9.66. The van der Waals surface area contributed by atoms with E-state index in [2.05, 4.69) is 18.2 Å². The van der Waals surface area contributed by atoms with Gasteiger partial charge in [-0.1, -0.05) is 36.4 Å². The molecule has 1 nitrogen and oxygen atoms in total. The van der Waals surface area contributed by atoms with E-state index in [9.17, 15) is 0 Å². The van der Waals surface area contributed by atoms with Crippen molar-refractivity contribution in [3.05, 3.63) is 42.5 Å². The van der Waals surface area contributed by atoms with Gasteiger partial charge in [0.2, 0.25) is 0 Å². The van der Waals surface area contributed by atoms with E-state index in [1.807, 2.05) is 31.2 Å². The van der Waals surface area contributed by atoms with Gasteiger partial charge in [0.05, 0.1) is 6.61 Å². The van der Waals surface area contributed by atoms with Gasteiger partial charge in [-0.05, 0) is 18.4 Å². The molecule has 2 rings (SSSR count). The molecule has 0 atom stereocenters. The molecule has 0 fully saturated rings. The molecule has 0 N–H and O–H groups in total. The fourth-order valence-electron chi connectivity index (χ4n) is 1.48. The molecule has 2 aromatic rings. The van der Waals surface area contributed by atoms with Crippen LogP contribution in [0.4, 0.5) is 0 Å². The van der Waals surface area contributed by atoms with Crippen molar-refractivity contribution in [2.45, 2.75) is 6.92 Å². The van der Waals surface area contributed by atoms with Gasteiger partial charge in [0.1, 0.15) is 5.75 Å². The average molecular weight is 196 g/mol. The molecule has 0 aliphatic heterocycles. The van der Waals surface area contributed by atoms with Crippen molar-refractivity contribution >= 4 is 10.8 Å². The van der Waals surface area contributed by atoms with Gasteiger partial charge in [-0.3, -0.25) is 0 Å². The first kappa shape index (κ1) is 11.6. The molecule has 68 valence electrons. The molecule has 2 aromatic carbocycles. The third-order valence-electron chi connectivity index (χ3n) is 2.05. The van der Waals surface area contributed by atoms with Crippen molar-refractivity contribution in [3.8, 4) is 5.75 Å². The van der Waals surface area contributed by atoms with Gasteiger partial charge in [0, 0.05) is 5.39 Å². The Labute approximate surface area is 108 Å². The molecule has 0 saturated carbocycles. The van der Waals surface area contributed by atoms with E-state index in [1.165, 1.54) is 10.8 Å². The van der Waals surface area contributed by atoms with Gasteiger partial charge < -0.3 is 6.16 Å². The molecular weight excluding hydrogens is 183 g/mol. The van der Waals surface area contributed by atoms with E-state index >= 15 is 0 Å². The summed E-state index contributed by atoms with van der Waals surface area (Å²) in [6, 6.07) is 14.4. The summed E-state index contributed by atoms with van der Waals surface area (Å²) in [5, 5.41) is 2.42. The van der Waals surface area contributed by atoms with Crippen LogP contribution in [-0.4, -0.2) is 6.61 Å². The maximum Gasteiger partial charge on any atom is 1.00 e. The summed E-state index contributed by atoms with van der Waals surface area (Å²) in [6.07, 6.45) is 0. The number of hydrogen-bond acceptors (Lipinski definition) is 1. The van der Waals surface area contributed by atoms with Crippen LogP contribution in [0.25, 0.3) is 10.8 Å². The third kappa shape index (κ3) is 2.30. The van der Waals surface area contributed by atoms with E-state index in [0.717, 1.165) is 5.75 Å². The van der Waals surface area contributed by atoms with Gasteiger partial charge in [-0.15, -0.1) is 0 Å². The van der Waals surface area contributed by atoms with Crippen molar-refractivity contribution in [3.63, 3.8) is 0 Å². The van der Waals surface area contributed by atoms with E-state index < -0.39 is 0 Å². The Balaban J connectivity index is 0.000000980. The van der Waals surface area contributed by atoms with Gasteiger partial charge in [-0.25, -0.2) is 0 Å². The molecule has 0 aromatic heterocycles. The number of ether oxygens (including phenoxy) is 1. The smallest absolute Gasteiger partial charge is 1.00 e. The Kier molecular flexibility index (Phi) is 4.46. The van der Waals surface area contributed by atoms with Crippen LogP contribution in [0.5, 0.6) is 5.75 Å². The van der Waals surface area contributed by atoms with E-state index in [4.69, 9.17) is 4.74 Å². The van der Waals surface area contributed by atoms with Crippen molar-refractivity contribution in [1.82, 2.24) is 0 Å². The summed E-state index contributed by atoms with van der Waals surface area (Å²) < 4.78 is 5.52. The zero-order chi connectivity index (χ0) is 9.10. The van der Waals surface area contributed by atoms with Crippen LogP contribution < -0.4 is 34.3 Å². The first-order chi connectivity index (χ1) is 6.42. The Morgan fingerprint density at radius 3 is 2.57 bits per heavy atom. The molecule has 0 radical (unpaired) electrons. The number of hydrogen-bond donors (Lipinski definition) is 0. The van der Waals surface area contributed by atoms with Crippen LogP contribution in [0.3, 0.4) is 0 Å². The Hall–Kier alpha value is -0.500. The van der Waals surface area contributed by atoms with Gasteiger partial charge in [0.25, 0.3) is 0 Å². The minimum absolute atomic E-state index is 0. The van der Waals surface area contributed by atoms with Crippen LogP contribution in [0.2, 0.25) is 0 Å². The van der Waals surface area contributed by atoms with Crippen LogP contribution in [0.15, 0.2) is 42.5 Å². The van der Waals surface area contributed by atoms with E-state index in [-0.39, 0.29) is 31.0 Å². The van der Waals surface area contributed by atoms with Crippen molar-refractivity contribution in [1.29, 1.82) is 0 Å². The summed E-state index contributed by atoms with van der Waals surface area (Å²) in [6.45, 7) is 2.72. The monoisotopic (exact) mass is 196 g/mol. The average Bonchev–Trinajstić information content (AvgIpc) is 2.19. The molecule has 0 aliphatic carbocycles. The first-order valence-corrected chi connectivity index (χ1v) is 4.52. The number of fused-ring (bicyclic) bond motifs is 1. The SMILES string of the molecule is CCOc1cccc2ccccc12.[H-].[Na+]. The van der Waals surface area contributed by atoms with Crippen molar-refractivity contribution in [2.24, 2.45) is 0 Å². The molecule has 0 heterocycles. The maximum atomic E-state index is 5.52. The molecule has 0 bridgehead atoms. The second kappa shape index (κ2) is 5.40. The van der Waals surface area contributed by atoms with Crippen molar-refractivity contribution < 1.29 is 35.7 Å². The Morgan fingerprint density at radius 2 is 1.79 bits per heavy atom. The summed E-state index contributed by atoms with van der Waals surface area (Å²) in [7, 11) is 0. The quantitative estimate of drug-likeness (QED) is 0.630. The minimum Gasteiger partial charge on any atom is -1.00 e.